The Morgan fingerprint density at radius 2 is 1.64 bits per heavy atom. The molecule has 0 aliphatic rings. The number of aromatic nitrogens is 1. The summed E-state index contributed by atoms with van der Waals surface area (Å²) >= 11 is 0. The van der Waals surface area contributed by atoms with Gasteiger partial charge in [0.05, 0.1) is 17.3 Å². The molecule has 8 nitrogen and oxygen atoms in total. The lowest BCUT2D eigenvalue weighted by molar-refractivity contribution is 0.571. The van der Waals surface area contributed by atoms with Crippen LogP contribution in [0.5, 0.6) is 0 Å². The normalized spacial score (nSPS) is 12.2. The van der Waals surface area contributed by atoms with Crippen LogP contribution in [0, 0.1) is 0 Å². The first-order chi connectivity index (χ1) is 13.3. The number of oxazole rings is 1. The summed E-state index contributed by atoms with van der Waals surface area (Å²) in [5.41, 5.74) is 1.76. The summed E-state index contributed by atoms with van der Waals surface area (Å²) in [6, 6.07) is 14.0. The topological polar surface area (TPSA) is 118 Å². The molecular formula is C18H19N3O5S2. The molecule has 0 bridgehead atoms. The van der Waals surface area contributed by atoms with Gasteiger partial charge in [-0.1, -0.05) is 36.4 Å². The van der Waals surface area contributed by atoms with E-state index >= 15 is 0 Å². The number of rotatable bonds is 8. The smallest absolute Gasteiger partial charge is 0.241 e. The Kier molecular flexibility index (Phi) is 5.94. The molecule has 0 aliphatic heterocycles. The average Bonchev–Trinajstić information content (AvgIpc) is 3.20. The molecule has 0 spiro atoms. The molecule has 1 aromatic heterocycles. The molecule has 0 aliphatic carbocycles. The second-order valence-corrected chi connectivity index (χ2v) is 9.55. The molecule has 0 unspecified atom stereocenters. The molecule has 3 rings (SSSR count). The van der Waals surface area contributed by atoms with Crippen LogP contribution in [-0.2, 0) is 20.0 Å². The molecule has 2 aromatic carbocycles. The molecule has 0 fully saturated rings. The van der Waals surface area contributed by atoms with E-state index in [4.69, 9.17) is 4.42 Å². The number of hydrogen-bond donors (Lipinski definition) is 2. The van der Waals surface area contributed by atoms with Crippen molar-refractivity contribution in [3.63, 3.8) is 0 Å². The van der Waals surface area contributed by atoms with Crippen molar-refractivity contribution < 1.29 is 21.3 Å². The Hall–Kier alpha value is -2.53. The molecule has 28 heavy (non-hydrogen) atoms. The second kappa shape index (κ2) is 8.23. The number of benzene rings is 2. The molecule has 3 aromatic rings. The fourth-order valence-electron chi connectivity index (χ4n) is 2.60. The quantitative estimate of drug-likeness (QED) is 0.536. The Balaban J connectivity index is 1.97. The summed E-state index contributed by atoms with van der Waals surface area (Å²) < 4.78 is 58.1. The first-order valence-corrected chi connectivity index (χ1v) is 11.7. The van der Waals surface area contributed by atoms with Gasteiger partial charge in [-0.05, 0) is 17.7 Å². The van der Waals surface area contributed by atoms with Crippen LogP contribution in [0.15, 0.2) is 70.3 Å². The molecule has 0 atom stereocenters. The third kappa shape index (κ3) is 5.04. The van der Waals surface area contributed by atoms with Gasteiger partial charge in [0.25, 0.3) is 0 Å². The van der Waals surface area contributed by atoms with Crippen LogP contribution in [0.25, 0.3) is 22.6 Å². The number of nitrogens with one attached hydrogen (secondary N) is 2. The maximum Gasteiger partial charge on any atom is 0.241 e. The van der Waals surface area contributed by atoms with E-state index in [0.29, 0.717) is 17.0 Å². The molecule has 0 amide bonds. The van der Waals surface area contributed by atoms with E-state index in [9.17, 15) is 16.8 Å². The lowest BCUT2D eigenvalue weighted by Crippen LogP contribution is -2.34. The first kappa shape index (κ1) is 20.2. The van der Waals surface area contributed by atoms with Gasteiger partial charge in [0.2, 0.25) is 25.9 Å². The van der Waals surface area contributed by atoms with E-state index in [1.807, 2.05) is 30.3 Å². The fraction of sp³-hybridized carbons (Fsp3) is 0.167. The maximum absolute atomic E-state index is 12.9. The highest BCUT2D eigenvalue weighted by Crippen LogP contribution is 2.31. The Morgan fingerprint density at radius 1 is 0.929 bits per heavy atom. The van der Waals surface area contributed by atoms with Crippen LogP contribution in [0.3, 0.4) is 0 Å². The predicted molar refractivity (Wildman–Crippen MR) is 105 cm³/mol. The molecule has 2 N–H and O–H groups in total. The molecule has 148 valence electrons. The summed E-state index contributed by atoms with van der Waals surface area (Å²) in [5, 5.41) is 0. The van der Waals surface area contributed by atoms with E-state index in [2.05, 4.69) is 14.4 Å². The van der Waals surface area contributed by atoms with Crippen molar-refractivity contribution in [2.24, 2.45) is 0 Å². The van der Waals surface area contributed by atoms with Crippen LogP contribution >= 0.6 is 0 Å². The highest BCUT2D eigenvalue weighted by molar-refractivity contribution is 7.89. The van der Waals surface area contributed by atoms with Crippen molar-refractivity contribution in [3.05, 3.63) is 61.0 Å². The summed E-state index contributed by atoms with van der Waals surface area (Å²) in [7, 11) is -7.32. The highest BCUT2D eigenvalue weighted by Gasteiger charge is 2.21. The molecule has 0 radical (unpaired) electrons. The summed E-state index contributed by atoms with van der Waals surface area (Å²) in [5.74, 6) is 0.301. The van der Waals surface area contributed by atoms with Gasteiger partial charge in [-0.2, -0.15) is 0 Å². The van der Waals surface area contributed by atoms with Gasteiger partial charge in [-0.25, -0.2) is 31.3 Å². The molecule has 1 heterocycles. The molecule has 10 heteroatoms. The van der Waals surface area contributed by atoms with Crippen molar-refractivity contribution in [1.29, 1.82) is 0 Å². The van der Waals surface area contributed by atoms with Gasteiger partial charge >= 0.3 is 0 Å². The zero-order chi connectivity index (χ0) is 20.2. The Labute approximate surface area is 163 Å². The largest absolute Gasteiger partial charge is 0.445 e. The van der Waals surface area contributed by atoms with E-state index in [1.165, 1.54) is 18.5 Å². The third-order valence-corrected chi connectivity index (χ3v) is 6.05. The van der Waals surface area contributed by atoms with Crippen molar-refractivity contribution in [2.75, 3.05) is 19.3 Å². The molecular weight excluding hydrogens is 402 g/mol. The zero-order valence-corrected chi connectivity index (χ0v) is 16.6. The van der Waals surface area contributed by atoms with Gasteiger partial charge in [0.1, 0.15) is 6.26 Å². The van der Waals surface area contributed by atoms with Crippen LogP contribution in [0.1, 0.15) is 0 Å². The lowest BCUT2D eigenvalue weighted by atomic mass is 10.0. The van der Waals surface area contributed by atoms with Crippen molar-refractivity contribution in [1.82, 2.24) is 14.4 Å². The van der Waals surface area contributed by atoms with Gasteiger partial charge in [0, 0.05) is 24.2 Å². The second-order valence-electron chi connectivity index (χ2n) is 5.98. The summed E-state index contributed by atoms with van der Waals surface area (Å²) in [4.78, 5) is 4.11. The van der Waals surface area contributed by atoms with Crippen LogP contribution < -0.4 is 9.44 Å². The minimum Gasteiger partial charge on any atom is -0.445 e. The fourth-order valence-corrected chi connectivity index (χ4v) is 4.36. The molecule has 0 saturated carbocycles. The van der Waals surface area contributed by atoms with Gasteiger partial charge < -0.3 is 4.42 Å². The van der Waals surface area contributed by atoms with Crippen molar-refractivity contribution in [2.45, 2.75) is 4.90 Å². The van der Waals surface area contributed by atoms with Crippen molar-refractivity contribution >= 4 is 20.0 Å². The maximum atomic E-state index is 12.9. The average molecular weight is 422 g/mol. The monoisotopic (exact) mass is 421 g/mol. The number of hydrogen-bond acceptors (Lipinski definition) is 6. The number of sulfonamides is 2. The first-order valence-electron chi connectivity index (χ1n) is 8.30. The minimum absolute atomic E-state index is 0.0498. The van der Waals surface area contributed by atoms with E-state index in [1.54, 1.807) is 12.1 Å². The van der Waals surface area contributed by atoms with Crippen LogP contribution in [0.2, 0.25) is 0 Å². The Morgan fingerprint density at radius 3 is 2.29 bits per heavy atom. The Bertz CT molecular complexity index is 1140. The predicted octanol–water partition coefficient (Wildman–Crippen LogP) is 1.84. The zero-order valence-electron chi connectivity index (χ0n) is 15.0. The SMILES string of the molecule is CS(=O)(=O)NCCNS(=O)(=O)c1cc(-c2ncco2)ccc1-c1ccccc1. The minimum atomic E-state index is -3.92. The van der Waals surface area contributed by atoms with Gasteiger partial charge in [-0.15, -0.1) is 0 Å². The summed E-state index contributed by atoms with van der Waals surface area (Å²) in [6.45, 7) is -0.148. The third-order valence-electron chi connectivity index (χ3n) is 3.82. The number of nitrogens with zero attached hydrogens (tertiary/aromatic N) is 1. The van der Waals surface area contributed by atoms with Gasteiger partial charge in [0.15, 0.2) is 0 Å². The van der Waals surface area contributed by atoms with E-state index < -0.39 is 20.0 Å². The van der Waals surface area contributed by atoms with Crippen molar-refractivity contribution in [3.8, 4) is 22.6 Å². The van der Waals surface area contributed by atoms with Gasteiger partial charge in [-0.3, -0.25) is 0 Å². The molecule has 0 saturated heterocycles. The van der Waals surface area contributed by atoms with Crippen LogP contribution in [-0.4, -0.2) is 41.2 Å². The standard InChI is InChI=1S/C18H19N3O5S2/c1-27(22,23)20-9-10-21-28(24,25)17-13-15(18-19-11-12-26-18)7-8-16(17)14-5-3-2-4-6-14/h2-8,11-13,20-21H,9-10H2,1H3. The highest BCUT2D eigenvalue weighted by atomic mass is 32.2. The van der Waals surface area contributed by atoms with Crippen LogP contribution in [0.4, 0.5) is 0 Å². The summed E-state index contributed by atoms with van der Waals surface area (Å²) in [6.07, 6.45) is 3.89. The van der Waals surface area contributed by atoms with E-state index in [0.717, 1.165) is 11.8 Å². The van der Waals surface area contributed by atoms with E-state index in [-0.39, 0.29) is 18.0 Å². The lowest BCUT2D eigenvalue weighted by Gasteiger charge is -2.13.